The van der Waals surface area contributed by atoms with Crippen molar-refractivity contribution in [3.05, 3.63) is 24.1 Å². The molecule has 2 heterocycles. The zero-order valence-electron chi connectivity index (χ0n) is 6.24. The van der Waals surface area contributed by atoms with Crippen molar-refractivity contribution in [2.45, 2.75) is 13.3 Å². The summed E-state index contributed by atoms with van der Waals surface area (Å²) in [5.41, 5.74) is 0.698. The van der Waals surface area contributed by atoms with Gasteiger partial charge in [0.1, 0.15) is 5.76 Å². The number of fused-ring (bicyclic) bond motifs is 1. The van der Waals surface area contributed by atoms with Gasteiger partial charge in [0, 0.05) is 12.6 Å². The van der Waals surface area contributed by atoms with Crippen LogP contribution in [0.2, 0.25) is 0 Å². The molecule has 0 aliphatic rings. The predicted molar refractivity (Wildman–Crippen MR) is 41.2 cm³/mol. The van der Waals surface area contributed by atoms with Crippen molar-refractivity contribution in [3.8, 4) is 0 Å². The molecule has 0 bridgehead atoms. The molecule has 0 amide bonds. The minimum Gasteiger partial charge on any atom is -0.359 e. The second kappa shape index (κ2) is 2.34. The van der Waals surface area contributed by atoms with Crippen molar-refractivity contribution in [1.82, 2.24) is 10.1 Å². The smallest absolute Gasteiger partial charge is 0.202 e. The molecule has 2 aromatic rings. The summed E-state index contributed by atoms with van der Waals surface area (Å²) in [6.45, 7) is 2.03. The van der Waals surface area contributed by atoms with E-state index in [-0.39, 0.29) is 0 Å². The lowest BCUT2D eigenvalue weighted by molar-refractivity contribution is 0.393. The minimum absolute atomic E-state index is 0.698. The van der Waals surface area contributed by atoms with Crippen LogP contribution in [0.4, 0.5) is 0 Å². The fourth-order valence-electron chi connectivity index (χ4n) is 1.09. The van der Waals surface area contributed by atoms with E-state index in [1.165, 1.54) is 0 Å². The van der Waals surface area contributed by atoms with Gasteiger partial charge in [0.2, 0.25) is 5.65 Å². The Balaban J connectivity index is 2.76. The monoisotopic (exact) mass is 148 g/mol. The summed E-state index contributed by atoms with van der Waals surface area (Å²) in [6, 6.07) is 3.86. The van der Waals surface area contributed by atoms with Crippen molar-refractivity contribution < 1.29 is 4.52 Å². The highest BCUT2D eigenvalue weighted by Crippen LogP contribution is 2.15. The van der Waals surface area contributed by atoms with Gasteiger partial charge in [-0.25, -0.2) is 4.98 Å². The van der Waals surface area contributed by atoms with Crippen molar-refractivity contribution >= 4 is 11.0 Å². The highest BCUT2D eigenvalue weighted by atomic mass is 16.5. The molecule has 2 aromatic heterocycles. The van der Waals surface area contributed by atoms with Gasteiger partial charge < -0.3 is 4.52 Å². The lowest BCUT2D eigenvalue weighted by Gasteiger charge is -1.85. The third-order valence-electron chi connectivity index (χ3n) is 1.65. The van der Waals surface area contributed by atoms with E-state index in [0.29, 0.717) is 5.65 Å². The molecule has 3 heteroatoms. The van der Waals surface area contributed by atoms with Gasteiger partial charge in [-0.05, 0) is 12.1 Å². The van der Waals surface area contributed by atoms with Crippen LogP contribution in [0.5, 0.6) is 0 Å². The third-order valence-corrected chi connectivity index (χ3v) is 1.65. The SMILES string of the molecule is CCc1onc2ncccc12. The third kappa shape index (κ3) is 0.888. The van der Waals surface area contributed by atoms with Crippen molar-refractivity contribution in [2.24, 2.45) is 0 Å². The first-order valence-corrected chi connectivity index (χ1v) is 3.61. The second-order valence-electron chi connectivity index (χ2n) is 2.33. The molecule has 0 N–H and O–H groups in total. The first-order chi connectivity index (χ1) is 5.42. The molecule has 2 rings (SSSR count). The van der Waals surface area contributed by atoms with Crippen molar-refractivity contribution in [2.75, 3.05) is 0 Å². The molecule has 0 spiro atoms. The largest absolute Gasteiger partial charge is 0.359 e. The molecule has 0 saturated heterocycles. The van der Waals surface area contributed by atoms with Crippen molar-refractivity contribution in [1.29, 1.82) is 0 Å². The van der Waals surface area contributed by atoms with E-state index in [0.717, 1.165) is 17.6 Å². The van der Waals surface area contributed by atoms with Crippen LogP contribution >= 0.6 is 0 Å². The zero-order chi connectivity index (χ0) is 7.68. The lowest BCUT2D eigenvalue weighted by Crippen LogP contribution is -1.75. The molecule has 0 aliphatic heterocycles. The number of aromatic nitrogens is 2. The Labute approximate surface area is 64.0 Å². The summed E-state index contributed by atoms with van der Waals surface area (Å²) >= 11 is 0. The van der Waals surface area contributed by atoms with Gasteiger partial charge in [0.25, 0.3) is 0 Å². The summed E-state index contributed by atoms with van der Waals surface area (Å²) < 4.78 is 5.05. The maximum absolute atomic E-state index is 5.05. The van der Waals surface area contributed by atoms with Crippen LogP contribution in [0.25, 0.3) is 11.0 Å². The maximum atomic E-state index is 5.05. The predicted octanol–water partition coefficient (Wildman–Crippen LogP) is 1.79. The summed E-state index contributed by atoms with van der Waals surface area (Å²) in [6.07, 6.45) is 2.58. The van der Waals surface area contributed by atoms with Crippen LogP contribution in [0.1, 0.15) is 12.7 Å². The zero-order valence-corrected chi connectivity index (χ0v) is 6.24. The molecule has 0 fully saturated rings. The number of hydrogen-bond acceptors (Lipinski definition) is 3. The second-order valence-corrected chi connectivity index (χ2v) is 2.33. The number of hydrogen-bond donors (Lipinski definition) is 0. The van der Waals surface area contributed by atoms with Gasteiger partial charge in [-0.15, -0.1) is 0 Å². The fraction of sp³-hybridized carbons (Fsp3) is 0.250. The Kier molecular flexibility index (Phi) is 1.35. The van der Waals surface area contributed by atoms with Crippen LogP contribution in [0.15, 0.2) is 22.9 Å². The molecular formula is C8H8N2O. The summed E-state index contributed by atoms with van der Waals surface area (Å²) in [5.74, 6) is 0.910. The molecule has 0 aliphatic carbocycles. The molecule has 0 atom stereocenters. The summed E-state index contributed by atoms with van der Waals surface area (Å²) in [5, 5.41) is 4.83. The average molecular weight is 148 g/mol. The minimum atomic E-state index is 0.698. The molecule has 0 radical (unpaired) electrons. The quantitative estimate of drug-likeness (QED) is 0.618. The van der Waals surface area contributed by atoms with Gasteiger partial charge >= 0.3 is 0 Å². The molecular weight excluding hydrogens is 140 g/mol. The number of rotatable bonds is 1. The first-order valence-electron chi connectivity index (χ1n) is 3.61. The topological polar surface area (TPSA) is 38.9 Å². The fourth-order valence-corrected chi connectivity index (χ4v) is 1.09. The van der Waals surface area contributed by atoms with E-state index in [4.69, 9.17) is 4.52 Å². The molecule has 56 valence electrons. The molecule has 11 heavy (non-hydrogen) atoms. The Morgan fingerprint density at radius 3 is 3.27 bits per heavy atom. The number of nitrogens with zero attached hydrogens (tertiary/aromatic N) is 2. The van der Waals surface area contributed by atoms with Gasteiger partial charge in [-0.3, -0.25) is 0 Å². The standard InChI is InChI=1S/C8H8N2O/c1-2-7-6-4-3-5-9-8(6)10-11-7/h3-5H,2H2,1H3. The average Bonchev–Trinajstić information content (AvgIpc) is 2.47. The van der Waals surface area contributed by atoms with E-state index >= 15 is 0 Å². The Hall–Kier alpha value is -1.38. The maximum Gasteiger partial charge on any atom is 0.202 e. The van der Waals surface area contributed by atoms with E-state index in [1.54, 1.807) is 6.20 Å². The van der Waals surface area contributed by atoms with Gasteiger partial charge in [-0.1, -0.05) is 12.1 Å². The van der Waals surface area contributed by atoms with E-state index in [2.05, 4.69) is 10.1 Å². The number of aryl methyl sites for hydroxylation is 1. The van der Waals surface area contributed by atoms with Crippen LogP contribution in [0.3, 0.4) is 0 Å². The number of pyridine rings is 1. The van der Waals surface area contributed by atoms with Gasteiger partial charge in [0.05, 0.1) is 5.39 Å². The molecule has 3 nitrogen and oxygen atoms in total. The van der Waals surface area contributed by atoms with Gasteiger partial charge in [0.15, 0.2) is 0 Å². The van der Waals surface area contributed by atoms with E-state index in [9.17, 15) is 0 Å². The highest BCUT2D eigenvalue weighted by Gasteiger charge is 2.04. The van der Waals surface area contributed by atoms with Crippen LogP contribution in [-0.2, 0) is 6.42 Å². The molecule has 0 aromatic carbocycles. The van der Waals surface area contributed by atoms with Gasteiger partial charge in [-0.2, -0.15) is 0 Å². The van der Waals surface area contributed by atoms with E-state index in [1.807, 2.05) is 19.1 Å². The Morgan fingerprint density at radius 2 is 2.45 bits per heavy atom. The summed E-state index contributed by atoms with van der Waals surface area (Å²) in [7, 11) is 0. The van der Waals surface area contributed by atoms with Crippen LogP contribution < -0.4 is 0 Å². The van der Waals surface area contributed by atoms with E-state index < -0.39 is 0 Å². The van der Waals surface area contributed by atoms with Crippen LogP contribution in [0, 0.1) is 0 Å². The molecule has 0 saturated carbocycles. The lowest BCUT2D eigenvalue weighted by atomic mass is 10.2. The molecule has 0 unspecified atom stereocenters. The first kappa shape index (κ1) is 6.34. The normalized spacial score (nSPS) is 10.6. The van der Waals surface area contributed by atoms with Crippen LogP contribution in [-0.4, -0.2) is 10.1 Å². The highest BCUT2D eigenvalue weighted by molar-refractivity contribution is 5.76. The Morgan fingerprint density at radius 1 is 1.55 bits per heavy atom. The Bertz CT molecular complexity index is 367. The summed E-state index contributed by atoms with van der Waals surface area (Å²) in [4.78, 5) is 4.04. The van der Waals surface area contributed by atoms with Crippen molar-refractivity contribution in [3.63, 3.8) is 0 Å².